The van der Waals surface area contributed by atoms with Gasteiger partial charge in [0, 0.05) is 5.56 Å². The number of hydrogen-bond donors (Lipinski definition) is 2. The molecule has 3 N–H and O–H groups in total. The Morgan fingerprint density at radius 1 is 1.26 bits per heavy atom. The van der Waals surface area contributed by atoms with Crippen molar-refractivity contribution >= 4 is 29.1 Å². The third kappa shape index (κ3) is 2.97. The van der Waals surface area contributed by atoms with E-state index in [1.165, 1.54) is 6.07 Å². The number of carbonyl (C=O) groups is 1. The second-order valence-corrected chi connectivity index (χ2v) is 4.40. The van der Waals surface area contributed by atoms with E-state index in [4.69, 9.17) is 17.3 Å². The Morgan fingerprint density at radius 3 is 2.63 bits per heavy atom. The molecule has 1 amide bonds. The number of anilines is 2. The number of benzene rings is 1. The fourth-order valence-electron chi connectivity index (χ4n) is 1.37. The third-order valence-corrected chi connectivity index (χ3v) is 2.92. The SMILES string of the molecule is Cc1nnc(NC(=O)c2ccc(Cl)c(N)c2)nc1C. The van der Waals surface area contributed by atoms with Gasteiger partial charge in [-0.3, -0.25) is 10.1 Å². The largest absolute Gasteiger partial charge is 0.398 e. The Labute approximate surface area is 115 Å². The predicted molar refractivity (Wildman–Crippen MR) is 73.1 cm³/mol. The number of hydrogen-bond acceptors (Lipinski definition) is 5. The zero-order valence-electron chi connectivity index (χ0n) is 10.4. The Balaban J connectivity index is 2.20. The van der Waals surface area contributed by atoms with Gasteiger partial charge in [0.2, 0.25) is 5.95 Å². The minimum atomic E-state index is -0.367. The molecular formula is C12H12ClN5O. The Kier molecular flexibility index (Phi) is 3.62. The molecule has 98 valence electrons. The maximum atomic E-state index is 12.0. The molecule has 0 radical (unpaired) electrons. The van der Waals surface area contributed by atoms with Crippen molar-refractivity contribution in [3.63, 3.8) is 0 Å². The summed E-state index contributed by atoms with van der Waals surface area (Å²) in [6.07, 6.45) is 0. The van der Waals surface area contributed by atoms with Crippen molar-refractivity contribution in [3.05, 3.63) is 40.2 Å². The predicted octanol–water partition coefficient (Wildman–Crippen LogP) is 1.98. The minimum absolute atomic E-state index is 0.154. The van der Waals surface area contributed by atoms with Gasteiger partial charge in [-0.15, -0.1) is 5.10 Å². The van der Waals surface area contributed by atoms with Crippen LogP contribution in [0, 0.1) is 13.8 Å². The number of nitrogens with two attached hydrogens (primary N) is 1. The highest BCUT2D eigenvalue weighted by atomic mass is 35.5. The number of aromatic nitrogens is 3. The van der Waals surface area contributed by atoms with Gasteiger partial charge in [-0.1, -0.05) is 11.6 Å². The molecular weight excluding hydrogens is 266 g/mol. The highest BCUT2D eigenvalue weighted by Crippen LogP contribution is 2.19. The molecule has 0 spiro atoms. The second kappa shape index (κ2) is 5.19. The van der Waals surface area contributed by atoms with Gasteiger partial charge >= 0.3 is 0 Å². The highest BCUT2D eigenvalue weighted by Gasteiger charge is 2.10. The van der Waals surface area contributed by atoms with Crippen LogP contribution in [-0.4, -0.2) is 21.1 Å². The van der Waals surface area contributed by atoms with Crippen molar-refractivity contribution in [2.24, 2.45) is 0 Å². The lowest BCUT2D eigenvalue weighted by atomic mass is 10.2. The Morgan fingerprint density at radius 2 is 2.00 bits per heavy atom. The molecule has 0 fully saturated rings. The summed E-state index contributed by atoms with van der Waals surface area (Å²) >= 11 is 5.79. The molecule has 0 aliphatic heterocycles. The van der Waals surface area contributed by atoms with E-state index in [-0.39, 0.29) is 11.9 Å². The van der Waals surface area contributed by atoms with Crippen LogP contribution in [-0.2, 0) is 0 Å². The summed E-state index contributed by atoms with van der Waals surface area (Å²) in [6, 6.07) is 4.62. The first-order valence-corrected chi connectivity index (χ1v) is 5.89. The molecule has 1 heterocycles. The number of nitrogen functional groups attached to an aromatic ring is 1. The third-order valence-electron chi connectivity index (χ3n) is 2.58. The maximum Gasteiger partial charge on any atom is 0.258 e. The first-order valence-electron chi connectivity index (χ1n) is 5.51. The monoisotopic (exact) mass is 277 g/mol. The van der Waals surface area contributed by atoms with Crippen LogP contribution in [0.2, 0.25) is 5.02 Å². The quantitative estimate of drug-likeness (QED) is 0.819. The smallest absolute Gasteiger partial charge is 0.258 e. The van der Waals surface area contributed by atoms with Crippen LogP contribution < -0.4 is 11.1 Å². The lowest BCUT2D eigenvalue weighted by Gasteiger charge is -2.06. The van der Waals surface area contributed by atoms with Gasteiger partial charge in [-0.2, -0.15) is 5.10 Å². The summed E-state index contributed by atoms with van der Waals surface area (Å²) in [5.74, 6) is -0.213. The summed E-state index contributed by atoms with van der Waals surface area (Å²) in [5.41, 5.74) is 7.79. The lowest BCUT2D eigenvalue weighted by Crippen LogP contribution is -2.15. The molecule has 7 heteroatoms. The molecule has 0 unspecified atom stereocenters. The van der Waals surface area contributed by atoms with Crippen molar-refractivity contribution in [3.8, 4) is 0 Å². The van der Waals surface area contributed by atoms with E-state index in [9.17, 15) is 4.79 Å². The van der Waals surface area contributed by atoms with Gasteiger partial charge in [-0.25, -0.2) is 4.98 Å². The molecule has 1 aromatic heterocycles. The van der Waals surface area contributed by atoms with Crippen LogP contribution in [0.1, 0.15) is 21.7 Å². The molecule has 2 rings (SSSR count). The topological polar surface area (TPSA) is 93.8 Å². The Bertz CT molecular complexity index is 644. The van der Waals surface area contributed by atoms with E-state index >= 15 is 0 Å². The number of carbonyl (C=O) groups excluding carboxylic acids is 1. The molecule has 1 aromatic carbocycles. The lowest BCUT2D eigenvalue weighted by molar-refractivity contribution is 0.102. The van der Waals surface area contributed by atoms with Crippen LogP contribution in [0.15, 0.2) is 18.2 Å². The normalized spacial score (nSPS) is 10.3. The van der Waals surface area contributed by atoms with E-state index in [1.807, 2.05) is 0 Å². The molecule has 6 nitrogen and oxygen atoms in total. The van der Waals surface area contributed by atoms with Gasteiger partial charge in [-0.05, 0) is 32.0 Å². The molecule has 0 bridgehead atoms. The van der Waals surface area contributed by atoms with E-state index in [0.717, 1.165) is 0 Å². The molecule has 0 aliphatic carbocycles. The molecule has 19 heavy (non-hydrogen) atoms. The summed E-state index contributed by atoms with van der Waals surface area (Å²) in [7, 11) is 0. The minimum Gasteiger partial charge on any atom is -0.398 e. The van der Waals surface area contributed by atoms with Crippen LogP contribution in [0.3, 0.4) is 0 Å². The molecule has 0 aliphatic rings. The fraction of sp³-hybridized carbons (Fsp3) is 0.167. The average Bonchev–Trinajstić information content (AvgIpc) is 2.37. The first-order chi connectivity index (χ1) is 8.97. The molecule has 0 saturated carbocycles. The first kappa shape index (κ1) is 13.2. The van der Waals surface area contributed by atoms with Crippen molar-refractivity contribution in [1.82, 2.24) is 15.2 Å². The van der Waals surface area contributed by atoms with E-state index < -0.39 is 0 Å². The average molecular weight is 278 g/mol. The van der Waals surface area contributed by atoms with Gasteiger partial charge < -0.3 is 5.73 Å². The van der Waals surface area contributed by atoms with Crippen molar-refractivity contribution < 1.29 is 4.79 Å². The van der Waals surface area contributed by atoms with Crippen molar-refractivity contribution in [2.75, 3.05) is 11.1 Å². The molecule has 2 aromatic rings. The number of rotatable bonds is 2. The highest BCUT2D eigenvalue weighted by molar-refractivity contribution is 6.33. The standard InChI is InChI=1S/C12H12ClN5O/c1-6-7(2)17-18-12(15-6)16-11(19)8-3-4-9(13)10(14)5-8/h3-5H,14H2,1-2H3,(H,15,16,18,19). The summed E-state index contributed by atoms with van der Waals surface area (Å²) in [6.45, 7) is 3.58. The molecule has 0 atom stereocenters. The van der Waals surface area contributed by atoms with Gasteiger partial charge in [0.25, 0.3) is 5.91 Å². The van der Waals surface area contributed by atoms with E-state index in [2.05, 4.69) is 20.5 Å². The zero-order valence-corrected chi connectivity index (χ0v) is 11.2. The Hall–Kier alpha value is -2.21. The van der Waals surface area contributed by atoms with Gasteiger partial charge in [0.05, 0.1) is 22.1 Å². The van der Waals surface area contributed by atoms with Crippen LogP contribution >= 0.6 is 11.6 Å². The fourth-order valence-corrected chi connectivity index (χ4v) is 1.49. The number of halogens is 1. The van der Waals surface area contributed by atoms with Crippen LogP contribution in [0.25, 0.3) is 0 Å². The summed E-state index contributed by atoms with van der Waals surface area (Å²) in [4.78, 5) is 16.1. The van der Waals surface area contributed by atoms with E-state index in [1.54, 1.807) is 26.0 Å². The van der Waals surface area contributed by atoms with E-state index in [0.29, 0.717) is 27.7 Å². The summed E-state index contributed by atoms with van der Waals surface area (Å²) in [5, 5.41) is 10.6. The van der Waals surface area contributed by atoms with Crippen molar-refractivity contribution in [2.45, 2.75) is 13.8 Å². The number of amides is 1. The maximum absolute atomic E-state index is 12.0. The van der Waals surface area contributed by atoms with Gasteiger partial charge in [0.15, 0.2) is 0 Å². The number of nitrogens with zero attached hydrogens (tertiary/aromatic N) is 3. The van der Waals surface area contributed by atoms with Gasteiger partial charge in [0.1, 0.15) is 0 Å². The van der Waals surface area contributed by atoms with Crippen LogP contribution in [0.5, 0.6) is 0 Å². The second-order valence-electron chi connectivity index (χ2n) is 4.00. The number of nitrogens with one attached hydrogen (secondary N) is 1. The zero-order chi connectivity index (χ0) is 14.0. The number of aryl methyl sites for hydroxylation is 2. The van der Waals surface area contributed by atoms with Crippen LogP contribution in [0.4, 0.5) is 11.6 Å². The molecule has 0 saturated heterocycles. The van der Waals surface area contributed by atoms with Crippen molar-refractivity contribution in [1.29, 1.82) is 0 Å². The summed E-state index contributed by atoms with van der Waals surface area (Å²) < 4.78 is 0.